The molecule has 1 aliphatic heterocycles. The Hall–Kier alpha value is -2.19. The Bertz CT molecular complexity index is 785. The van der Waals surface area contributed by atoms with Crippen LogP contribution in [0.3, 0.4) is 0 Å². The Labute approximate surface area is 167 Å². The minimum Gasteiger partial charge on any atom is -0.469 e. The van der Waals surface area contributed by atoms with Gasteiger partial charge in [-0.25, -0.2) is 0 Å². The van der Waals surface area contributed by atoms with E-state index in [9.17, 15) is 19.2 Å². The molecule has 1 heterocycles. The molecule has 0 bridgehead atoms. The van der Waals surface area contributed by atoms with Crippen molar-refractivity contribution in [1.82, 2.24) is 4.90 Å². The molecule has 0 spiro atoms. The molecule has 3 N–H and O–H groups in total. The van der Waals surface area contributed by atoms with Gasteiger partial charge in [-0.1, -0.05) is 26.0 Å². The monoisotopic (exact) mass is 406 g/mol. The summed E-state index contributed by atoms with van der Waals surface area (Å²) in [6.07, 6.45) is 0.768. The van der Waals surface area contributed by atoms with Gasteiger partial charge in [0.05, 0.1) is 7.11 Å². The Morgan fingerprint density at radius 3 is 2.54 bits per heavy atom. The molecule has 0 saturated carbocycles. The van der Waals surface area contributed by atoms with Gasteiger partial charge in [-0.05, 0) is 48.2 Å². The summed E-state index contributed by atoms with van der Waals surface area (Å²) in [6, 6.07) is 4.66. The lowest BCUT2D eigenvalue weighted by Crippen LogP contribution is -2.45. The number of carbonyl (C=O) groups is 3. The molecule has 0 fully saturated rings. The van der Waals surface area contributed by atoms with Gasteiger partial charge in [0.25, 0.3) is 5.91 Å². The number of amides is 2. The Balaban J connectivity index is 2.31. The number of rotatable bonds is 8. The van der Waals surface area contributed by atoms with E-state index >= 15 is 0 Å². The number of ether oxygens (including phenoxy) is 1. The molecule has 0 aliphatic carbocycles. The quantitative estimate of drug-likeness (QED) is 0.507. The zero-order chi connectivity index (χ0) is 21.3. The number of fused-ring (bicyclic) bond motifs is 1. The summed E-state index contributed by atoms with van der Waals surface area (Å²) < 4.78 is 4.62. The van der Waals surface area contributed by atoms with Gasteiger partial charge in [0.15, 0.2) is 8.32 Å². The summed E-state index contributed by atoms with van der Waals surface area (Å²) in [6.45, 7) is 8.15. The van der Waals surface area contributed by atoms with Gasteiger partial charge < -0.3 is 20.2 Å². The highest BCUT2D eigenvalue weighted by atomic mass is 28.4. The highest BCUT2D eigenvalue weighted by molar-refractivity contribution is 6.72. The molecule has 0 saturated heterocycles. The number of benzene rings is 1. The minimum absolute atomic E-state index is 0.00836. The first-order chi connectivity index (χ1) is 12.9. The molecule has 0 aromatic heterocycles. The molecular weight excluding hydrogens is 376 g/mol. The van der Waals surface area contributed by atoms with Gasteiger partial charge in [-0.15, -0.1) is 0 Å². The van der Waals surface area contributed by atoms with Crippen LogP contribution in [0.4, 0.5) is 0 Å². The van der Waals surface area contributed by atoms with Crippen LogP contribution in [0.25, 0.3) is 0 Å². The third-order valence-electron chi connectivity index (χ3n) is 5.94. The first kappa shape index (κ1) is 22.1. The largest absolute Gasteiger partial charge is 0.469 e. The second-order valence-corrected chi connectivity index (χ2v) is 13.0. The topological polar surface area (TPSA) is 110 Å². The maximum Gasteiger partial charge on any atom is 0.305 e. The minimum atomic E-state index is -2.43. The predicted octanol–water partition coefficient (Wildman–Crippen LogP) is 1.97. The van der Waals surface area contributed by atoms with Crippen LogP contribution in [0.2, 0.25) is 18.1 Å². The van der Waals surface area contributed by atoms with E-state index in [1.807, 2.05) is 39.1 Å². The SMILES string of the molecule is COC(=O)CC[C@@H](C(N)=O)N1Cc2c(CC(C)(C)[Si](C)(C)O)cccc2C1=O. The first-order valence-electron chi connectivity index (χ1n) is 9.39. The number of primary amides is 1. The van der Waals surface area contributed by atoms with Gasteiger partial charge in [0.1, 0.15) is 6.04 Å². The fourth-order valence-corrected chi connectivity index (χ4v) is 3.96. The molecule has 7 nitrogen and oxygen atoms in total. The smallest absolute Gasteiger partial charge is 0.305 e. The summed E-state index contributed by atoms with van der Waals surface area (Å²) in [5.74, 6) is -1.35. The third kappa shape index (κ3) is 4.44. The van der Waals surface area contributed by atoms with Crippen LogP contribution in [-0.2, 0) is 27.3 Å². The van der Waals surface area contributed by atoms with Gasteiger partial charge >= 0.3 is 5.97 Å². The van der Waals surface area contributed by atoms with Crippen LogP contribution in [0.1, 0.15) is 48.2 Å². The van der Waals surface area contributed by atoms with Crippen molar-refractivity contribution in [1.29, 1.82) is 0 Å². The lowest BCUT2D eigenvalue weighted by Gasteiger charge is -2.35. The number of nitrogens with two attached hydrogens (primary N) is 1. The van der Waals surface area contributed by atoms with Crippen molar-refractivity contribution in [3.05, 3.63) is 34.9 Å². The van der Waals surface area contributed by atoms with Crippen molar-refractivity contribution < 1.29 is 23.9 Å². The maximum absolute atomic E-state index is 12.9. The second kappa shape index (κ2) is 8.04. The van der Waals surface area contributed by atoms with Gasteiger partial charge in [0, 0.05) is 18.5 Å². The molecule has 2 rings (SSSR count). The Kier molecular flexibility index (Phi) is 6.35. The lowest BCUT2D eigenvalue weighted by molar-refractivity contribution is -0.141. The zero-order valence-corrected chi connectivity index (χ0v) is 18.2. The normalized spacial score (nSPS) is 15.4. The van der Waals surface area contributed by atoms with Crippen LogP contribution in [0.15, 0.2) is 18.2 Å². The molecular formula is C20H30N2O5Si. The lowest BCUT2D eigenvalue weighted by atomic mass is 9.95. The van der Waals surface area contributed by atoms with Crippen LogP contribution in [0.5, 0.6) is 0 Å². The van der Waals surface area contributed by atoms with Crippen molar-refractivity contribution in [3.63, 3.8) is 0 Å². The molecule has 28 heavy (non-hydrogen) atoms. The number of nitrogens with zero attached hydrogens (tertiary/aromatic N) is 1. The summed E-state index contributed by atoms with van der Waals surface area (Å²) in [4.78, 5) is 48.4. The van der Waals surface area contributed by atoms with E-state index in [1.165, 1.54) is 12.0 Å². The van der Waals surface area contributed by atoms with E-state index in [-0.39, 0.29) is 30.3 Å². The number of carbonyl (C=O) groups excluding carboxylic acids is 3. The maximum atomic E-state index is 12.9. The zero-order valence-electron chi connectivity index (χ0n) is 17.2. The molecule has 1 atom stereocenters. The average molecular weight is 407 g/mol. The van der Waals surface area contributed by atoms with E-state index in [2.05, 4.69) is 4.74 Å². The van der Waals surface area contributed by atoms with E-state index in [1.54, 1.807) is 6.07 Å². The summed E-state index contributed by atoms with van der Waals surface area (Å²) >= 11 is 0. The average Bonchev–Trinajstić information content (AvgIpc) is 2.91. The van der Waals surface area contributed by atoms with Crippen LogP contribution < -0.4 is 5.73 Å². The fourth-order valence-electron chi connectivity index (χ4n) is 3.34. The van der Waals surface area contributed by atoms with Crippen LogP contribution >= 0.6 is 0 Å². The predicted molar refractivity (Wildman–Crippen MR) is 108 cm³/mol. The molecule has 2 amide bonds. The second-order valence-electron chi connectivity index (χ2n) is 8.53. The molecule has 0 radical (unpaired) electrons. The van der Waals surface area contributed by atoms with E-state index < -0.39 is 26.2 Å². The Morgan fingerprint density at radius 1 is 1.36 bits per heavy atom. The van der Waals surface area contributed by atoms with Crippen molar-refractivity contribution in [2.24, 2.45) is 5.73 Å². The van der Waals surface area contributed by atoms with Gasteiger partial charge in [-0.2, -0.15) is 0 Å². The van der Waals surface area contributed by atoms with Crippen molar-refractivity contribution >= 4 is 26.1 Å². The van der Waals surface area contributed by atoms with Crippen LogP contribution in [-0.4, -0.2) is 48.9 Å². The van der Waals surface area contributed by atoms with Crippen LogP contribution in [0, 0.1) is 0 Å². The highest BCUT2D eigenvalue weighted by Gasteiger charge is 2.41. The van der Waals surface area contributed by atoms with E-state index in [4.69, 9.17) is 5.73 Å². The number of hydrogen-bond donors (Lipinski definition) is 2. The molecule has 1 aliphatic rings. The molecule has 154 valence electrons. The molecule has 8 heteroatoms. The van der Waals surface area contributed by atoms with E-state index in [0.717, 1.165) is 11.1 Å². The highest BCUT2D eigenvalue weighted by Crippen LogP contribution is 2.41. The molecule has 0 unspecified atom stereocenters. The fraction of sp³-hybridized carbons (Fsp3) is 0.550. The number of methoxy groups -OCH3 is 1. The van der Waals surface area contributed by atoms with Crippen molar-refractivity contribution in [2.75, 3.05) is 7.11 Å². The standard InChI is InChI=1S/C20H30N2O5Si/c1-20(2,28(4,5)26)11-13-7-6-8-14-15(13)12-22(19(14)25)16(18(21)24)9-10-17(23)27-3/h6-8,16,26H,9-12H2,1-5H3,(H2,21,24)/t16-/m0/s1. The third-order valence-corrected chi connectivity index (χ3v) is 9.42. The molecule has 1 aromatic carbocycles. The molecule has 1 aromatic rings. The first-order valence-corrected chi connectivity index (χ1v) is 12.3. The van der Waals surface area contributed by atoms with Crippen molar-refractivity contribution in [3.8, 4) is 0 Å². The van der Waals surface area contributed by atoms with Gasteiger partial charge in [-0.3, -0.25) is 14.4 Å². The summed E-state index contributed by atoms with van der Waals surface area (Å²) in [5.41, 5.74) is 7.93. The number of hydrogen-bond acceptors (Lipinski definition) is 5. The Morgan fingerprint density at radius 2 is 2.00 bits per heavy atom. The summed E-state index contributed by atoms with van der Waals surface area (Å²) in [7, 11) is -1.15. The van der Waals surface area contributed by atoms with Crippen molar-refractivity contribution in [2.45, 2.75) is 63.8 Å². The number of esters is 1. The van der Waals surface area contributed by atoms with E-state index in [0.29, 0.717) is 12.0 Å². The van der Waals surface area contributed by atoms with Gasteiger partial charge in [0.2, 0.25) is 5.91 Å². The summed E-state index contributed by atoms with van der Waals surface area (Å²) in [5, 5.41) is -0.285.